The van der Waals surface area contributed by atoms with Crippen molar-refractivity contribution in [3.8, 4) is 0 Å². The lowest BCUT2D eigenvalue weighted by Crippen LogP contribution is -2.39. The normalized spacial score (nSPS) is 16.3. The second kappa shape index (κ2) is 9.47. The number of hydrogen-bond donors (Lipinski definition) is 0. The molecule has 0 unspecified atom stereocenters. The number of hydrogen-bond acceptors (Lipinski definition) is 5. The molecular weight excluding hydrogens is 512 g/mol. The van der Waals surface area contributed by atoms with Gasteiger partial charge in [-0.2, -0.15) is 0 Å². The molecule has 0 amide bonds. The standard InChI is InChI=1S/C27H27BrN2O3S/c1-6-33-25(32)22-16(2)29-26-30(23(22)18-9-13-20(28)14-10-18)24(31)21(34-26)15-17-7-11-19(12-8-17)27(3,4)5/h7-15,23H,6H2,1-5H3/b21-15-/t23-/m0/s1. The number of aromatic nitrogens is 1. The lowest BCUT2D eigenvalue weighted by molar-refractivity contribution is -0.139. The molecule has 0 radical (unpaired) electrons. The minimum Gasteiger partial charge on any atom is -0.463 e. The number of benzene rings is 2. The highest BCUT2D eigenvalue weighted by Gasteiger charge is 2.33. The van der Waals surface area contributed by atoms with Crippen molar-refractivity contribution in [3.63, 3.8) is 0 Å². The maximum atomic E-state index is 13.6. The van der Waals surface area contributed by atoms with E-state index >= 15 is 0 Å². The zero-order valence-corrected chi connectivity index (χ0v) is 22.3. The first-order valence-corrected chi connectivity index (χ1v) is 12.8. The molecule has 0 N–H and O–H groups in total. The van der Waals surface area contributed by atoms with Crippen molar-refractivity contribution < 1.29 is 9.53 Å². The fraction of sp³-hybridized carbons (Fsp3) is 0.296. The van der Waals surface area contributed by atoms with Crippen LogP contribution in [0, 0.1) is 0 Å². The van der Waals surface area contributed by atoms with Gasteiger partial charge in [-0.1, -0.05) is 84.4 Å². The van der Waals surface area contributed by atoms with Crippen molar-refractivity contribution in [3.05, 3.63) is 101 Å². The number of ether oxygens (including phenoxy) is 1. The Hall–Kier alpha value is -2.77. The fourth-order valence-corrected chi connectivity index (χ4v) is 5.29. The highest BCUT2D eigenvalue weighted by molar-refractivity contribution is 9.10. The van der Waals surface area contributed by atoms with Gasteiger partial charge in [0, 0.05) is 4.47 Å². The van der Waals surface area contributed by atoms with Crippen LogP contribution in [-0.2, 0) is 14.9 Å². The third-order valence-electron chi connectivity index (χ3n) is 5.78. The summed E-state index contributed by atoms with van der Waals surface area (Å²) in [5.74, 6) is -0.455. The van der Waals surface area contributed by atoms with E-state index in [1.807, 2.05) is 42.5 Å². The Balaban J connectivity index is 1.88. The van der Waals surface area contributed by atoms with E-state index in [4.69, 9.17) is 4.74 Å². The molecular formula is C27H27BrN2O3S. The average Bonchev–Trinajstić information content (AvgIpc) is 3.08. The molecule has 0 fully saturated rings. The molecule has 1 aliphatic heterocycles. The molecule has 1 aromatic heterocycles. The van der Waals surface area contributed by atoms with E-state index in [1.54, 1.807) is 18.4 Å². The predicted molar refractivity (Wildman–Crippen MR) is 140 cm³/mol. The summed E-state index contributed by atoms with van der Waals surface area (Å²) in [7, 11) is 0. The molecule has 2 aromatic carbocycles. The van der Waals surface area contributed by atoms with Crippen molar-refractivity contribution in [2.45, 2.75) is 46.1 Å². The quantitative estimate of drug-likeness (QED) is 0.445. The van der Waals surface area contributed by atoms with E-state index in [2.05, 4.69) is 53.8 Å². The predicted octanol–water partition coefficient (Wildman–Crippen LogP) is 4.86. The zero-order chi connectivity index (χ0) is 24.6. The third-order valence-corrected chi connectivity index (χ3v) is 7.29. The van der Waals surface area contributed by atoms with Gasteiger partial charge in [0.1, 0.15) is 0 Å². The molecule has 0 spiro atoms. The van der Waals surface area contributed by atoms with Gasteiger partial charge in [-0.3, -0.25) is 9.36 Å². The van der Waals surface area contributed by atoms with Crippen LogP contribution in [-0.4, -0.2) is 17.1 Å². The molecule has 0 saturated heterocycles. The Labute approximate surface area is 211 Å². The van der Waals surface area contributed by atoms with E-state index in [-0.39, 0.29) is 17.6 Å². The molecule has 176 valence electrons. The van der Waals surface area contributed by atoms with Gasteiger partial charge in [-0.15, -0.1) is 0 Å². The number of carbonyl (C=O) groups excluding carboxylic acids is 1. The molecule has 0 aliphatic carbocycles. The summed E-state index contributed by atoms with van der Waals surface area (Å²) >= 11 is 4.79. The monoisotopic (exact) mass is 538 g/mol. The first-order valence-electron chi connectivity index (χ1n) is 11.2. The molecule has 0 saturated carbocycles. The maximum Gasteiger partial charge on any atom is 0.338 e. The van der Waals surface area contributed by atoms with Crippen LogP contribution in [0.15, 0.2) is 74.1 Å². The Morgan fingerprint density at radius 1 is 1.15 bits per heavy atom. The maximum absolute atomic E-state index is 13.6. The second-order valence-electron chi connectivity index (χ2n) is 9.23. The van der Waals surface area contributed by atoms with Crippen molar-refractivity contribution in [2.24, 2.45) is 4.99 Å². The van der Waals surface area contributed by atoms with Crippen molar-refractivity contribution in [2.75, 3.05) is 6.61 Å². The summed E-state index contributed by atoms with van der Waals surface area (Å²) in [4.78, 5) is 31.7. The number of halogens is 1. The highest BCUT2D eigenvalue weighted by atomic mass is 79.9. The molecule has 5 nitrogen and oxygen atoms in total. The minimum atomic E-state index is -0.603. The molecule has 0 bridgehead atoms. The summed E-state index contributed by atoms with van der Waals surface area (Å²) in [5, 5.41) is 0. The Bertz CT molecular complexity index is 1440. The number of allylic oxidation sites excluding steroid dienone is 1. The van der Waals surface area contributed by atoms with E-state index in [1.165, 1.54) is 16.9 Å². The van der Waals surface area contributed by atoms with Gasteiger partial charge in [0.05, 0.1) is 28.5 Å². The van der Waals surface area contributed by atoms with Crippen LogP contribution in [0.1, 0.15) is 57.4 Å². The van der Waals surface area contributed by atoms with E-state index in [0.29, 0.717) is 20.6 Å². The molecule has 3 aromatic rings. The molecule has 4 rings (SSSR count). The van der Waals surface area contributed by atoms with E-state index in [0.717, 1.165) is 15.6 Å². The SMILES string of the molecule is CCOC(=O)C1=C(C)N=c2s/c(=C\c3ccc(C(C)(C)C)cc3)c(=O)n2[C@H]1c1ccc(Br)cc1. The lowest BCUT2D eigenvalue weighted by atomic mass is 9.87. The second-order valence-corrected chi connectivity index (χ2v) is 11.2. The Morgan fingerprint density at radius 2 is 1.79 bits per heavy atom. The molecule has 1 aliphatic rings. The van der Waals surface area contributed by atoms with Crippen LogP contribution in [0.3, 0.4) is 0 Å². The summed E-state index contributed by atoms with van der Waals surface area (Å²) in [5.41, 5.74) is 3.83. The molecule has 2 heterocycles. The van der Waals surface area contributed by atoms with Crippen molar-refractivity contribution in [1.82, 2.24) is 4.57 Å². The van der Waals surface area contributed by atoms with E-state index < -0.39 is 12.0 Å². The first kappa shape index (κ1) is 24.4. The van der Waals surface area contributed by atoms with Gasteiger partial charge in [-0.05, 0) is 54.2 Å². The molecule has 34 heavy (non-hydrogen) atoms. The van der Waals surface area contributed by atoms with Crippen LogP contribution in [0.4, 0.5) is 0 Å². The number of rotatable bonds is 4. The number of fused-ring (bicyclic) bond motifs is 1. The summed E-state index contributed by atoms with van der Waals surface area (Å²) < 4.78 is 8.44. The fourth-order valence-electron chi connectivity index (χ4n) is 3.98. The van der Waals surface area contributed by atoms with Crippen molar-refractivity contribution in [1.29, 1.82) is 0 Å². The Morgan fingerprint density at radius 3 is 2.38 bits per heavy atom. The van der Waals surface area contributed by atoms with Gasteiger partial charge < -0.3 is 4.74 Å². The first-order chi connectivity index (χ1) is 16.1. The van der Waals surface area contributed by atoms with Gasteiger partial charge in [0.25, 0.3) is 5.56 Å². The average molecular weight is 539 g/mol. The molecule has 1 atom stereocenters. The van der Waals surface area contributed by atoms with Gasteiger partial charge >= 0.3 is 5.97 Å². The largest absolute Gasteiger partial charge is 0.463 e. The van der Waals surface area contributed by atoms with Gasteiger partial charge in [0.15, 0.2) is 4.80 Å². The zero-order valence-electron chi connectivity index (χ0n) is 19.9. The van der Waals surface area contributed by atoms with Gasteiger partial charge in [-0.25, -0.2) is 9.79 Å². The van der Waals surface area contributed by atoms with Crippen LogP contribution in [0.5, 0.6) is 0 Å². The minimum absolute atomic E-state index is 0.0591. The number of esters is 1. The highest BCUT2D eigenvalue weighted by Crippen LogP contribution is 2.31. The topological polar surface area (TPSA) is 60.7 Å². The van der Waals surface area contributed by atoms with Crippen LogP contribution in [0.25, 0.3) is 6.08 Å². The van der Waals surface area contributed by atoms with E-state index in [9.17, 15) is 9.59 Å². The van der Waals surface area contributed by atoms with Crippen molar-refractivity contribution >= 4 is 39.3 Å². The molecule has 7 heteroatoms. The lowest BCUT2D eigenvalue weighted by Gasteiger charge is -2.24. The van der Waals surface area contributed by atoms with Crippen LogP contribution >= 0.6 is 27.3 Å². The summed E-state index contributed by atoms with van der Waals surface area (Å²) in [6.07, 6.45) is 1.89. The Kier molecular flexibility index (Phi) is 6.78. The summed E-state index contributed by atoms with van der Waals surface area (Å²) in [6, 6.07) is 15.3. The summed E-state index contributed by atoms with van der Waals surface area (Å²) in [6.45, 7) is 10.3. The number of carbonyl (C=O) groups is 1. The number of nitrogens with zero attached hydrogens (tertiary/aromatic N) is 2. The van der Waals surface area contributed by atoms with Crippen LogP contribution < -0.4 is 14.9 Å². The van der Waals surface area contributed by atoms with Crippen LogP contribution in [0.2, 0.25) is 0 Å². The number of thiazole rings is 1. The van der Waals surface area contributed by atoms with Gasteiger partial charge in [0.2, 0.25) is 0 Å². The third kappa shape index (κ3) is 4.72. The smallest absolute Gasteiger partial charge is 0.338 e.